The van der Waals surface area contributed by atoms with Crippen LogP contribution in [0.4, 0.5) is 0 Å². The predicted octanol–water partition coefficient (Wildman–Crippen LogP) is 2.74. The topological polar surface area (TPSA) is 45.2 Å². The monoisotopic (exact) mass is 301 g/mol. The summed E-state index contributed by atoms with van der Waals surface area (Å²) in [6, 6.07) is 4.54. The van der Waals surface area contributed by atoms with Gasteiger partial charge in [0.05, 0.1) is 5.92 Å². The van der Waals surface area contributed by atoms with Crippen molar-refractivity contribution in [2.24, 2.45) is 5.92 Å². The van der Waals surface area contributed by atoms with Gasteiger partial charge in [0.15, 0.2) is 0 Å². The molecule has 1 aromatic heterocycles. The number of nitrogens with one attached hydrogen (secondary N) is 1. The fourth-order valence-corrected chi connectivity index (χ4v) is 3.91. The van der Waals surface area contributed by atoms with Crippen molar-refractivity contribution in [3.05, 3.63) is 30.1 Å². The molecule has 120 valence electrons. The number of fused-ring (bicyclic) bond motifs is 1. The molecule has 1 amide bonds. The number of aromatic nitrogens is 1. The molecular weight excluding hydrogens is 274 g/mol. The Bertz CT molecular complexity index is 476. The van der Waals surface area contributed by atoms with E-state index in [1.54, 1.807) is 0 Å². The van der Waals surface area contributed by atoms with Crippen LogP contribution in [-0.2, 0) is 11.3 Å². The second-order valence-electron chi connectivity index (χ2n) is 6.64. The van der Waals surface area contributed by atoms with E-state index in [1.807, 2.05) is 18.5 Å². The maximum absolute atomic E-state index is 12.5. The average Bonchev–Trinajstić information content (AvgIpc) is 3.02. The number of pyridine rings is 1. The Balaban J connectivity index is 1.75. The highest BCUT2D eigenvalue weighted by Gasteiger charge is 2.36. The van der Waals surface area contributed by atoms with Gasteiger partial charge in [-0.1, -0.05) is 25.3 Å². The number of carbonyl (C=O) groups excluding carboxylic acids is 1. The van der Waals surface area contributed by atoms with Crippen molar-refractivity contribution >= 4 is 5.91 Å². The summed E-state index contributed by atoms with van der Waals surface area (Å²) in [7, 11) is 0. The Kier molecular flexibility index (Phi) is 5.43. The maximum atomic E-state index is 12.5. The molecule has 3 rings (SSSR count). The smallest absolute Gasteiger partial charge is 0.224 e. The van der Waals surface area contributed by atoms with Gasteiger partial charge in [0.2, 0.25) is 5.91 Å². The molecule has 2 fully saturated rings. The lowest BCUT2D eigenvalue weighted by Crippen LogP contribution is -2.44. The lowest BCUT2D eigenvalue weighted by Gasteiger charge is -2.32. The van der Waals surface area contributed by atoms with Gasteiger partial charge in [-0.15, -0.1) is 0 Å². The van der Waals surface area contributed by atoms with E-state index in [1.165, 1.54) is 31.2 Å². The minimum absolute atomic E-state index is 0.176. The van der Waals surface area contributed by atoms with E-state index in [9.17, 15) is 4.79 Å². The molecule has 0 aromatic carbocycles. The van der Waals surface area contributed by atoms with Crippen molar-refractivity contribution in [2.75, 3.05) is 13.1 Å². The lowest BCUT2D eigenvalue weighted by molar-refractivity contribution is -0.126. The minimum Gasteiger partial charge on any atom is -0.356 e. The number of carbonyl (C=O) groups is 1. The van der Waals surface area contributed by atoms with Gasteiger partial charge >= 0.3 is 0 Å². The molecule has 2 aliphatic rings. The van der Waals surface area contributed by atoms with Crippen LogP contribution < -0.4 is 5.32 Å². The number of amides is 1. The molecule has 22 heavy (non-hydrogen) atoms. The van der Waals surface area contributed by atoms with Crippen molar-refractivity contribution in [3.8, 4) is 0 Å². The molecule has 4 heteroatoms. The number of hydrogen-bond acceptors (Lipinski definition) is 3. The van der Waals surface area contributed by atoms with Gasteiger partial charge in [0, 0.05) is 31.5 Å². The summed E-state index contributed by atoms with van der Waals surface area (Å²) in [6.07, 6.45) is 12.0. The summed E-state index contributed by atoms with van der Waals surface area (Å²) >= 11 is 0. The van der Waals surface area contributed by atoms with Crippen LogP contribution in [0.5, 0.6) is 0 Å². The zero-order valence-electron chi connectivity index (χ0n) is 13.3. The fourth-order valence-electron chi connectivity index (χ4n) is 3.91. The molecule has 2 atom stereocenters. The van der Waals surface area contributed by atoms with Crippen molar-refractivity contribution in [3.63, 3.8) is 0 Å². The van der Waals surface area contributed by atoms with Crippen LogP contribution in [0.25, 0.3) is 0 Å². The SMILES string of the molecule is O=C1NCCCCCCN(Cc2cccnc2)[C@H]2CCC[C@@H]12. The van der Waals surface area contributed by atoms with Gasteiger partial charge in [-0.3, -0.25) is 14.7 Å². The molecule has 1 saturated carbocycles. The molecule has 1 saturated heterocycles. The predicted molar refractivity (Wildman–Crippen MR) is 87.3 cm³/mol. The molecule has 1 aromatic rings. The van der Waals surface area contributed by atoms with Gasteiger partial charge in [0.25, 0.3) is 0 Å². The quantitative estimate of drug-likeness (QED) is 0.913. The van der Waals surface area contributed by atoms with Gasteiger partial charge in [-0.05, 0) is 43.9 Å². The molecule has 1 aliphatic carbocycles. The first kappa shape index (κ1) is 15.5. The van der Waals surface area contributed by atoms with Crippen molar-refractivity contribution < 1.29 is 4.79 Å². The second-order valence-corrected chi connectivity index (χ2v) is 6.64. The Labute approximate surface area is 133 Å². The number of rotatable bonds is 2. The fraction of sp³-hybridized carbons (Fsp3) is 0.667. The second kappa shape index (κ2) is 7.73. The molecule has 4 nitrogen and oxygen atoms in total. The Morgan fingerprint density at radius 1 is 1.18 bits per heavy atom. The van der Waals surface area contributed by atoms with Crippen LogP contribution in [0.3, 0.4) is 0 Å². The first-order valence-electron chi connectivity index (χ1n) is 8.75. The summed E-state index contributed by atoms with van der Waals surface area (Å²) in [5.74, 6) is 0.454. The van der Waals surface area contributed by atoms with Crippen LogP contribution in [0.2, 0.25) is 0 Å². The number of nitrogens with zero attached hydrogens (tertiary/aromatic N) is 2. The molecule has 0 bridgehead atoms. The molecule has 0 unspecified atom stereocenters. The molecule has 2 heterocycles. The van der Waals surface area contributed by atoms with Gasteiger partial charge in [-0.2, -0.15) is 0 Å². The third kappa shape index (κ3) is 3.86. The molecule has 0 radical (unpaired) electrons. The van der Waals surface area contributed by atoms with E-state index in [2.05, 4.69) is 21.3 Å². The molecule has 1 N–H and O–H groups in total. The third-order valence-electron chi connectivity index (χ3n) is 5.07. The third-order valence-corrected chi connectivity index (χ3v) is 5.07. The van der Waals surface area contributed by atoms with E-state index in [0.717, 1.165) is 38.9 Å². The Morgan fingerprint density at radius 2 is 2.09 bits per heavy atom. The highest BCUT2D eigenvalue weighted by molar-refractivity contribution is 5.79. The Hall–Kier alpha value is -1.42. The summed E-state index contributed by atoms with van der Waals surface area (Å²) in [6.45, 7) is 2.87. The zero-order valence-corrected chi connectivity index (χ0v) is 13.3. The first-order chi connectivity index (χ1) is 10.8. The highest BCUT2D eigenvalue weighted by atomic mass is 16.1. The Morgan fingerprint density at radius 3 is 2.95 bits per heavy atom. The van der Waals surface area contributed by atoms with Crippen LogP contribution in [-0.4, -0.2) is 34.9 Å². The van der Waals surface area contributed by atoms with Gasteiger partial charge in [0.1, 0.15) is 0 Å². The molecular formula is C18H27N3O. The summed E-state index contributed by atoms with van der Waals surface area (Å²) in [5.41, 5.74) is 1.25. The van der Waals surface area contributed by atoms with E-state index in [4.69, 9.17) is 0 Å². The van der Waals surface area contributed by atoms with E-state index in [0.29, 0.717) is 6.04 Å². The normalized spacial score (nSPS) is 27.7. The van der Waals surface area contributed by atoms with E-state index >= 15 is 0 Å². The van der Waals surface area contributed by atoms with E-state index in [-0.39, 0.29) is 11.8 Å². The van der Waals surface area contributed by atoms with Gasteiger partial charge in [-0.25, -0.2) is 0 Å². The van der Waals surface area contributed by atoms with Crippen molar-refractivity contribution in [1.29, 1.82) is 0 Å². The summed E-state index contributed by atoms with van der Waals surface area (Å²) in [4.78, 5) is 19.3. The molecule has 1 aliphatic heterocycles. The summed E-state index contributed by atoms with van der Waals surface area (Å²) < 4.78 is 0. The molecule has 0 spiro atoms. The highest BCUT2D eigenvalue weighted by Crippen LogP contribution is 2.31. The standard InChI is InChI=1S/C18H27N3O/c22-18-16-8-5-9-17(16)21(12-4-2-1-3-11-20-18)14-15-7-6-10-19-13-15/h6-7,10,13,16-17H,1-5,8-9,11-12,14H2,(H,20,22)/t16-,17+/m1/s1. The van der Waals surface area contributed by atoms with Gasteiger partial charge < -0.3 is 5.32 Å². The van der Waals surface area contributed by atoms with Crippen molar-refractivity contribution in [2.45, 2.75) is 57.5 Å². The number of hydrogen-bond donors (Lipinski definition) is 1. The summed E-state index contributed by atoms with van der Waals surface area (Å²) in [5, 5.41) is 3.16. The lowest BCUT2D eigenvalue weighted by atomic mass is 10.00. The van der Waals surface area contributed by atoms with Crippen LogP contribution in [0.1, 0.15) is 50.5 Å². The maximum Gasteiger partial charge on any atom is 0.224 e. The zero-order chi connectivity index (χ0) is 15.2. The minimum atomic E-state index is 0.176. The van der Waals surface area contributed by atoms with Crippen LogP contribution in [0, 0.1) is 5.92 Å². The largest absolute Gasteiger partial charge is 0.356 e. The first-order valence-corrected chi connectivity index (χ1v) is 8.75. The van der Waals surface area contributed by atoms with Crippen LogP contribution >= 0.6 is 0 Å². The average molecular weight is 301 g/mol. The van der Waals surface area contributed by atoms with Crippen molar-refractivity contribution in [1.82, 2.24) is 15.2 Å². The van der Waals surface area contributed by atoms with E-state index < -0.39 is 0 Å². The van der Waals surface area contributed by atoms with Crippen LogP contribution in [0.15, 0.2) is 24.5 Å².